The van der Waals surface area contributed by atoms with Gasteiger partial charge in [0.25, 0.3) is 23.1 Å². The van der Waals surface area contributed by atoms with Crippen molar-refractivity contribution >= 4 is 46.1 Å². The van der Waals surface area contributed by atoms with Gasteiger partial charge in [-0.25, -0.2) is 0 Å². The Balaban J connectivity index is 1.87. The second-order valence-electron chi connectivity index (χ2n) is 8.05. The fourth-order valence-electron chi connectivity index (χ4n) is 4.00. The lowest BCUT2D eigenvalue weighted by molar-refractivity contribution is -0.385. The Bertz CT molecular complexity index is 1460. The zero-order chi connectivity index (χ0) is 26.9. The zero-order valence-corrected chi connectivity index (χ0v) is 19.2. The lowest BCUT2D eigenvalue weighted by Crippen LogP contribution is -2.29. The standard InChI is InChI=1S/C25H18N4O8/c1-14(30)26-17-6-12-18(13-7-17)27-22(15-2-8-19(9-3-15)28(34)35)21(24(32)25(27)33)23(31)16-4-10-20(11-5-16)29(36)37/h2-13,22,31H,1H3,(H,26,30)/t22-/m1/s1. The molecule has 1 saturated heterocycles. The van der Waals surface area contributed by atoms with E-state index < -0.39 is 33.3 Å². The largest absolute Gasteiger partial charge is 0.507 e. The maximum atomic E-state index is 13.2. The fraction of sp³-hybridized carbons (Fsp3) is 0.0800. The molecule has 12 nitrogen and oxygen atoms in total. The van der Waals surface area contributed by atoms with Gasteiger partial charge in [-0.05, 0) is 54.1 Å². The first-order valence-corrected chi connectivity index (χ1v) is 10.8. The van der Waals surface area contributed by atoms with Crippen molar-refractivity contribution in [3.05, 3.63) is 110 Å². The number of benzene rings is 3. The number of hydrogen-bond acceptors (Lipinski definition) is 8. The molecule has 2 N–H and O–H groups in total. The molecule has 4 rings (SSSR count). The van der Waals surface area contributed by atoms with Crippen LogP contribution in [0.1, 0.15) is 24.1 Å². The number of Topliss-reactive ketones (excluding diaryl/α,β-unsaturated/α-hetero) is 1. The van der Waals surface area contributed by atoms with Gasteiger partial charge < -0.3 is 10.4 Å². The molecule has 1 fully saturated rings. The van der Waals surface area contributed by atoms with Crippen LogP contribution in [0.2, 0.25) is 0 Å². The molecule has 0 bridgehead atoms. The first-order chi connectivity index (χ1) is 17.6. The van der Waals surface area contributed by atoms with E-state index in [-0.39, 0.29) is 34.1 Å². The summed E-state index contributed by atoms with van der Waals surface area (Å²) in [5, 5.41) is 35.8. The summed E-state index contributed by atoms with van der Waals surface area (Å²) in [6.45, 7) is 1.33. The number of carbonyl (C=O) groups excluding carboxylic acids is 3. The van der Waals surface area contributed by atoms with E-state index in [0.717, 1.165) is 17.0 Å². The number of ketones is 1. The van der Waals surface area contributed by atoms with Gasteiger partial charge in [0.1, 0.15) is 5.76 Å². The van der Waals surface area contributed by atoms with Gasteiger partial charge in [0.2, 0.25) is 5.91 Å². The third-order valence-electron chi connectivity index (χ3n) is 5.68. The molecule has 0 saturated carbocycles. The molecule has 1 aliphatic rings. The minimum atomic E-state index is -1.16. The molecule has 1 aliphatic heterocycles. The van der Waals surface area contributed by atoms with Crippen molar-refractivity contribution in [3.8, 4) is 0 Å². The molecule has 186 valence electrons. The van der Waals surface area contributed by atoms with Crippen LogP contribution >= 0.6 is 0 Å². The summed E-state index contributed by atoms with van der Waals surface area (Å²) < 4.78 is 0. The minimum absolute atomic E-state index is 0.0662. The van der Waals surface area contributed by atoms with Crippen LogP contribution in [-0.2, 0) is 14.4 Å². The van der Waals surface area contributed by atoms with Crippen molar-refractivity contribution in [1.82, 2.24) is 0 Å². The lowest BCUT2D eigenvalue weighted by atomic mass is 9.95. The van der Waals surface area contributed by atoms with Crippen LogP contribution in [0.3, 0.4) is 0 Å². The summed E-state index contributed by atoms with van der Waals surface area (Å²) in [7, 11) is 0. The van der Waals surface area contributed by atoms with E-state index in [1.807, 2.05) is 0 Å². The topological polar surface area (TPSA) is 173 Å². The smallest absolute Gasteiger partial charge is 0.300 e. The normalized spacial score (nSPS) is 16.5. The van der Waals surface area contributed by atoms with Crippen LogP contribution in [0.15, 0.2) is 78.4 Å². The number of nitro groups is 2. The molecule has 0 aromatic heterocycles. The Morgan fingerprint density at radius 3 is 1.86 bits per heavy atom. The molecule has 0 radical (unpaired) electrons. The summed E-state index contributed by atoms with van der Waals surface area (Å²) in [4.78, 5) is 59.7. The van der Waals surface area contributed by atoms with Gasteiger partial charge in [-0.2, -0.15) is 0 Å². The number of anilines is 2. The zero-order valence-electron chi connectivity index (χ0n) is 19.2. The van der Waals surface area contributed by atoms with Crippen LogP contribution in [-0.4, -0.2) is 32.6 Å². The Kier molecular flexibility index (Phi) is 6.48. The summed E-state index contributed by atoms with van der Waals surface area (Å²) in [6, 6.07) is 14.8. The lowest BCUT2D eigenvalue weighted by Gasteiger charge is -2.25. The summed E-state index contributed by atoms with van der Waals surface area (Å²) in [5.74, 6) is -2.83. The van der Waals surface area contributed by atoms with E-state index in [9.17, 15) is 39.7 Å². The fourth-order valence-corrected chi connectivity index (χ4v) is 4.00. The number of rotatable bonds is 6. The number of aliphatic hydroxyl groups is 1. The molecule has 12 heteroatoms. The molecule has 3 aromatic carbocycles. The second kappa shape index (κ2) is 9.70. The maximum absolute atomic E-state index is 13.2. The monoisotopic (exact) mass is 502 g/mol. The highest BCUT2D eigenvalue weighted by Gasteiger charge is 2.47. The van der Waals surface area contributed by atoms with Gasteiger partial charge in [-0.15, -0.1) is 0 Å². The Hall–Kier alpha value is -5.39. The summed E-state index contributed by atoms with van der Waals surface area (Å²) in [5.41, 5.74) is 0.348. The van der Waals surface area contributed by atoms with E-state index in [1.165, 1.54) is 67.6 Å². The predicted molar refractivity (Wildman–Crippen MR) is 132 cm³/mol. The van der Waals surface area contributed by atoms with Gasteiger partial charge in [-0.1, -0.05) is 0 Å². The predicted octanol–water partition coefficient (Wildman–Crippen LogP) is 4.09. The maximum Gasteiger partial charge on any atom is 0.300 e. The Morgan fingerprint density at radius 2 is 1.38 bits per heavy atom. The number of hydrogen-bond donors (Lipinski definition) is 2. The van der Waals surface area contributed by atoms with Crippen molar-refractivity contribution < 1.29 is 29.3 Å². The van der Waals surface area contributed by atoms with Crippen LogP contribution < -0.4 is 10.2 Å². The van der Waals surface area contributed by atoms with Gasteiger partial charge >= 0.3 is 0 Å². The molecule has 0 unspecified atom stereocenters. The van der Waals surface area contributed by atoms with Crippen LogP contribution in [0.5, 0.6) is 0 Å². The molecule has 0 spiro atoms. The summed E-state index contributed by atoms with van der Waals surface area (Å²) >= 11 is 0. The van der Waals surface area contributed by atoms with Crippen LogP contribution in [0.4, 0.5) is 22.7 Å². The van der Waals surface area contributed by atoms with Gasteiger partial charge in [0.05, 0.1) is 21.5 Å². The minimum Gasteiger partial charge on any atom is -0.507 e. The van der Waals surface area contributed by atoms with E-state index in [0.29, 0.717) is 11.3 Å². The van der Waals surface area contributed by atoms with Crippen molar-refractivity contribution in [2.75, 3.05) is 10.2 Å². The molecule has 1 heterocycles. The number of nitrogens with one attached hydrogen (secondary N) is 1. The average Bonchev–Trinajstić information content (AvgIpc) is 3.14. The average molecular weight is 502 g/mol. The molecule has 37 heavy (non-hydrogen) atoms. The Morgan fingerprint density at radius 1 is 0.865 bits per heavy atom. The third-order valence-corrected chi connectivity index (χ3v) is 5.68. The van der Waals surface area contributed by atoms with Gasteiger partial charge in [0.15, 0.2) is 0 Å². The highest BCUT2D eigenvalue weighted by atomic mass is 16.6. The van der Waals surface area contributed by atoms with Crippen LogP contribution in [0.25, 0.3) is 5.76 Å². The van der Waals surface area contributed by atoms with E-state index in [2.05, 4.69) is 5.32 Å². The van der Waals surface area contributed by atoms with Crippen molar-refractivity contribution in [2.24, 2.45) is 0 Å². The third kappa shape index (κ3) is 4.75. The van der Waals surface area contributed by atoms with E-state index in [4.69, 9.17) is 0 Å². The number of aliphatic hydroxyl groups excluding tert-OH is 1. The highest BCUT2D eigenvalue weighted by Crippen LogP contribution is 2.42. The summed E-state index contributed by atoms with van der Waals surface area (Å²) in [6.07, 6.45) is 0. The molecule has 0 aliphatic carbocycles. The highest BCUT2D eigenvalue weighted by molar-refractivity contribution is 6.51. The van der Waals surface area contributed by atoms with Crippen molar-refractivity contribution in [2.45, 2.75) is 13.0 Å². The number of amides is 2. The molecular weight excluding hydrogens is 484 g/mol. The molecular formula is C25H18N4O8. The molecule has 1 atom stereocenters. The SMILES string of the molecule is CC(=O)Nc1ccc(N2C(=O)C(=O)C(=C(O)c3ccc([N+](=O)[O-])cc3)[C@H]2c2ccc([N+](=O)[O-])cc2)cc1. The van der Waals surface area contributed by atoms with E-state index >= 15 is 0 Å². The molecule has 3 aromatic rings. The van der Waals surface area contributed by atoms with Gasteiger partial charge in [0, 0.05) is 48.1 Å². The molecule has 2 amide bonds. The Labute approximate surface area is 208 Å². The first-order valence-electron chi connectivity index (χ1n) is 10.8. The number of carbonyl (C=O) groups is 3. The number of nitro benzene ring substituents is 2. The van der Waals surface area contributed by atoms with Gasteiger partial charge in [-0.3, -0.25) is 39.5 Å². The van der Waals surface area contributed by atoms with Crippen molar-refractivity contribution in [1.29, 1.82) is 0 Å². The first kappa shape index (κ1) is 24.7. The number of nitrogens with zero attached hydrogens (tertiary/aromatic N) is 3. The number of non-ortho nitro benzene ring substituents is 2. The quantitative estimate of drug-likeness (QED) is 0.167. The van der Waals surface area contributed by atoms with Crippen LogP contribution in [0, 0.1) is 20.2 Å². The van der Waals surface area contributed by atoms with Crippen molar-refractivity contribution in [3.63, 3.8) is 0 Å². The second-order valence-corrected chi connectivity index (χ2v) is 8.05. The van der Waals surface area contributed by atoms with E-state index in [1.54, 1.807) is 0 Å².